The van der Waals surface area contributed by atoms with Crippen molar-refractivity contribution in [3.05, 3.63) is 36.0 Å². The molecule has 18 heavy (non-hydrogen) atoms. The van der Waals surface area contributed by atoms with E-state index in [1.807, 2.05) is 32.3 Å². The van der Waals surface area contributed by atoms with Crippen LogP contribution in [0.5, 0.6) is 0 Å². The first-order valence-corrected chi connectivity index (χ1v) is 5.75. The highest BCUT2D eigenvalue weighted by Crippen LogP contribution is 2.22. The predicted molar refractivity (Wildman–Crippen MR) is 69.3 cm³/mol. The van der Waals surface area contributed by atoms with Crippen LogP contribution >= 0.6 is 0 Å². The SMILES string of the molecule is Cc1nc(N(C)Cc2ccn[nH]2)c2cc[nH]c2n1. The molecule has 0 aromatic carbocycles. The third-order valence-electron chi connectivity index (χ3n) is 2.83. The van der Waals surface area contributed by atoms with E-state index in [2.05, 4.69) is 30.0 Å². The maximum atomic E-state index is 4.51. The van der Waals surface area contributed by atoms with E-state index in [4.69, 9.17) is 0 Å². The first-order valence-electron chi connectivity index (χ1n) is 5.75. The fourth-order valence-corrected chi connectivity index (χ4v) is 2.03. The van der Waals surface area contributed by atoms with Crippen LogP contribution < -0.4 is 4.90 Å². The Morgan fingerprint density at radius 1 is 1.28 bits per heavy atom. The van der Waals surface area contributed by atoms with Gasteiger partial charge in [0.2, 0.25) is 0 Å². The van der Waals surface area contributed by atoms with Crippen LogP contribution in [0.25, 0.3) is 11.0 Å². The molecule has 0 saturated carbocycles. The number of hydrogen-bond donors (Lipinski definition) is 2. The van der Waals surface area contributed by atoms with Crippen molar-refractivity contribution < 1.29 is 0 Å². The maximum Gasteiger partial charge on any atom is 0.143 e. The normalized spacial score (nSPS) is 11.0. The third kappa shape index (κ3) is 1.81. The Labute approximate surface area is 104 Å². The molecule has 3 aromatic rings. The van der Waals surface area contributed by atoms with Crippen LogP contribution in [0.4, 0.5) is 5.82 Å². The van der Waals surface area contributed by atoms with E-state index < -0.39 is 0 Å². The zero-order valence-corrected chi connectivity index (χ0v) is 10.3. The molecule has 0 radical (unpaired) electrons. The van der Waals surface area contributed by atoms with Crippen LogP contribution in [0.3, 0.4) is 0 Å². The Kier molecular flexibility index (Phi) is 2.47. The van der Waals surface area contributed by atoms with Gasteiger partial charge >= 0.3 is 0 Å². The Morgan fingerprint density at radius 2 is 2.17 bits per heavy atom. The van der Waals surface area contributed by atoms with Crippen LogP contribution in [0.15, 0.2) is 24.5 Å². The van der Waals surface area contributed by atoms with Crippen LogP contribution in [-0.2, 0) is 6.54 Å². The Balaban J connectivity index is 2.00. The standard InChI is InChI=1S/C12H14N6/c1-8-15-11-10(4-5-13-11)12(16-8)18(2)7-9-3-6-14-17-9/h3-6H,7H2,1-2H3,(H,14,17)(H,13,15,16). The topological polar surface area (TPSA) is 73.5 Å². The number of hydrogen-bond acceptors (Lipinski definition) is 4. The predicted octanol–water partition coefficient (Wildman–Crippen LogP) is 1.63. The van der Waals surface area contributed by atoms with Gasteiger partial charge in [-0.1, -0.05) is 0 Å². The molecule has 0 bridgehead atoms. The number of H-pyrrole nitrogens is 2. The summed E-state index contributed by atoms with van der Waals surface area (Å²) in [5, 5.41) is 7.93. The molecule has 0 amide bonds. The van der Waals surface area contributed by atoms with E-state index in [1.165, 1.54) is 0 Å². The highest BCUT2D eigenvalue weighted by atomic mass is 15.2. The lowest BCUT2D eigenvalue weighted by Gasteiger charge is -2.18. The molecule has 6 nitrogen and oxygen atoms in total. The summed E-state index contributed by atoms with van der Waals surface area (Å²) < 4.78 is 0. The average Bonchev–Trinajstić information content (AvgIpc) is 2.97. The van der Waals surface area contributed by atoms with Crippen molar-refractivity contribution in [1.29, 1.82) is 0 Å². The molecule has 3 rings (SSSR count). The number of fused-ring (bicyclic) bond motifs is 1. The largest absolute Gasteiger partial charge is 0.353 e. The summed E-state index contributed by atoms with van der Waals surface area (Å²) in [6.45, 7) is 2.63. The van der Waals surface area contributed by atoms with Crippen molar-refractivity contribution >= 4 is 16.9 Å². The van der Waals surface area contributed by atoms with Crippen molar-refractivity contribution in [2.75, 3.05) is 11.9 Å². The minimum atomic E-state index is 0.733. The summed E-state index contributed by atoms with van der Waals surface area (Å²) >= 11 is 0. The van der Waals surface area contributed by atoms with Crippen molar-refractivity contribution in [2.24, 2.45) is 0 Å². The number of aromatic amines is 2. The van der Waals surface area contributed by atoms with Gasteiger partial charge in [-0.2, -0.15) is 5.10 Å². The molecule has 0 atom stereocenters. The molecule has 3 aromatic heterocycles. The molecule has 0 aliphatic heterocycles. The van der Waals surface area contributed by atoms with Gasteiger partial charge < -0.3 is 9.88 Å². The molecule has 0 aliphatic rings. The summed E-state index contributed by atoms with van der Waals surface area (Å²) in [7, 11) is 2.01. The highest BCUT2D eigenvalue weighted by Gasteiger charge is 2.11. The lowest BCUT2D eigenvalue weighted by atomic mass is 10.3. The lowest BCUT2D eigenvalue weighted by Crippen LogP contribution is -2.18. The minimum absolute atomic E-state index is 0.733. The molecule has 92 valence electrons. The summed E-state index contributed by atoms with van der Waals surface area (Å²) in [4.78, 5) is 14.1. The zero-order chi connectivity index (χ0) is 12.5. The number of nitrogens with one attached hydrogen (secondary N) is 2. The molecule has 0 fully saturated rings. The maximum absolute atomic E-state index is 4.51. The smallest absolute Gasteiger partial charge is 0.143 e. The molecule has 2 N–H and O–H groups in total. The summed E-state index contributed by atoms with van der Waals surface area (Å²) in [5.41, 5.74) is 1.92. The van der Waals surface area contributed by atoms with E-state index in [0.29, 0.717) is 0 Å². The van der Waals surface area contributed by atoms with E-state index in [-0.39, 0.29) is 0 Å². The third-order valence-corrected chi connectivity index (χ3v) is 2.83. The second-order valence-corrected chi connectivity index (χ2v) is 4.27. The van der Waals surface area contributed by atoms with Gasteiger partial charge in [0.15, 0.2) is 0 Å². The number of aryl methyl sites for hydroxylation is 1. The van der Waals surface area contributed by atoms with E-state index >= 15 is 0 Å². The zero-order valence-electron chi connectivity index (χ0n) is 10.3. The van der Waals surface area contributed by atoms with E-state index in [0.717, 1.165) is 34.9 Å². The molecule has 3 heterocycles. The van der Waals surface area contributed by atoms with Gasteiger partial charge in [0.1, 0.15) is 17.3 Å². The van der Waals surface area contributed by atoms with E-state index in [9.17, 15) is 0 Å². The fourth-order valence-electron chi connectivity index (χ4n) is 2.03. The molecular weight excluding hydrogens is 228 g/mol. The number of aromatic nitrogens is 5. The summed E-state index contributed by atoms with van der Waals surface area (Å²) in [5.74, 6) is 1.68. The Bertz CT molecular complexity index is 654. The highest BCUT2D eigenvalue weighted by molar-refractivity contribution is 5.87. The first kappa shape index (κ1) is 10.8. The number of nitrogens with zero attached hydrogens (tertiary/aromatic N) is 4. The monoisotopic (exact) mass is 242 g/mol. The van der Waals surface area contributed by atoms with Gasteiger partial charge in [-0.15, -0.1) is 0 Å². The Morgan fingerprint density at radius 3 is 2.94 bits per heavy atom. The van der Waals surface area contributed by atoms with Gasteiger partial charge in [-0.25, -0.2) is 9.97 Å². The van der Waals surface area contributed by atoms with Crippen molar-refractivity contribution in [2.45, 2.75) is 13.5 Å². The fraction of sp³-hybridized carbons (Fsp3) is 0.250. The van der Waals surface area contributed by atoms with Crippen LogP contribution in [0.1, 0.15) is 11.5 Å². The first-order chi connectivity index (χ1) is 8.74. The van der Waals surface area contributed by atoms with Crippen molar-refractivity contribution in [3.8, 4) is 0 Å². The summed E-state index contributed by atoms with van der Waals surface area (Å²) in [6.07, 6.45) is 3.63. The van der Waals surface area contributed by atoms with Gasteiger partial charge in [0.25, 0.3) is 0 Å². The van der Waals surface area contributed by atoms with E-state index in [1.54, 1.807) is 6.20 Å². The minimum Gasteiger partial charge on any atom is -0.353 e. The number of anilines is 1. The molecular formula is C12H14N6. The van der Waals surface area contributed by atoms with Crippen LogP contribution in [0.2, 0.25) is 0 Å². The number of rotatable bonds is 3. The summed E-state index contributed by atoms with van der Waals surface area (Å²) in [6, 6.07) is 3.95. The quantitative estimate of drug-likeness (QED) is 0.732. The molecule has 6 heteroatoms. The molecule has 0 aliphatic carbocycles. The lowest BCUT2D eigenvalue weighted by molar-refractivity contribution is 0.850. The van der Waals surface area contributed by atoms with Crippen LogP contribution in [0, 0.1) is 6.92 Å². The molecule has 0 unspecified atom stereocenters. The second kappa shape index (κ2) is 4.14. The van der Waals surface area contributed by atoms with Gasteiger partial charge in [0.05, 0.1) is 17.6 Å². The molecule has 0 saturated heterocycles. The average molecular weight is 242 g/mol. The molecule has 0 spiro atoms. The second-order valence-electron chi connectivity index (χ2n) is 4.27. The van der Waals surface area contributed by atoms with Crippen LogP contribution in [-0.4, -0.2) is 32.2 Å². The van der Waals surface area contributed by atoms with Crippen molar-refractivity contribution in [3.63, 3.8) is 0 Å². The Hall–Kier alpha value is -2.37. The van der Waals surface area contributed by atoms with Gasteiger partial charge in [-0.3, -0.25) is 5.10 Å². The van der Waals surface area contributed by atoms with Gasteiger partial charge in [0, 0.05) is 19.4 Å². The van der Waals surface area contributed by atoms with Crippen molar-refractivity contribution in [1.82, 2.24) is 25.1 Å². The van der Waals surface area contributed by atoms with Gasteiger partial charge in [-0.05, 0) is 19.1 Å².